The maximum Gasteiger partial charge on any atom is 0.0317 e. The van der Waals surface area contributed by atoms with Crippen LogP contribution in [0.4, 0.5) is 5.69 Å². The molecule has 1 saturated heterocycles. The molecule has 0 spiro atoms. The maximum absolute atomic E-state index is 5.85. The van der Waals surface area contributed by atoms with Gasteiger partial charge in [0.25, 0.3) is 0 Å². The zero-order valence-corrected chi connectivity index (χ0v) is 12.9. The number of piperazine rings is 1. The van der Waals surface area contributed by atoms with Crippen LogP contribution in [0.15, 0.2) is 24.3 Å². The van der Waals surface area contributed by atoms with Crippen LogP contribution in [-0.4, -0.2) is 67.6 Å². The molecule has 2 rings (SSSR count). The lowest BCUT2D eigenvalue weighted by atomic mass is 10.2. The van der Waals surface area contributed by atoms with Crippen molar-refractivity contribution in [3.63, 3.8) is 0 Å². The Morgan fingerprint density at radius 3 is 2.60 bits per heavy atom. The van der Waals surface area contributed by atoms with E-state index in [0.29, 0.717) is 0 Å². The normalized spacial score (nSPS) is 17.8. The quantitative estimate of drug-likeness (QED) is 0.795. The molecule has 0 aromatic heterocycles. The molecule has 112 valence electrons. The van der Waals surface area contributed by atoms with Gasteiger partial charge in [0, 0.05) is 51.5 Å². The number of benzene rings is 1. The van der Waals surface area contributed by atoms with Crippen molar-refractivity contribution in [3.05, 3.63) is 29.8 Å². The van der Waals surface area contributed by atoms with Gasteiger partial charge in [0.15, 0.2) is 0 Å². The molecule has 1 aliphatic heterocycles. The number of rotatable bonds is 6. The third kappa shape index (κ3) is 4.78. The molecule has 1 fully saturated rings. The van der Waals surface area contributed by atoms with E-state index in [4.69, 9.17) is 5.73 Å². The molecule has 0 aliphatic carbocycles. The van der Waals surface area contributed by atoms with E-state index in [-0.39, 0.29) is 0 Å². The third-order valence-corrected chi connectivity index (χ3v) is 4.13. The molecule has 20 heavy (non-hydrogen) atoms. The van der Waals surface area contributed by atoms with Gasteiger partial charge < -0.3 is 10.6 Å². The second-order valence-corrected chi connectivity index (χ2v) is 5.76. The molecular formula is C16H28N4. The summed E-state index contributed by atoms with van der Waals surface area (Å²) >= 11 is 0. The summed E-state index contributed by atoms with van der Waals surface area (Å²) in [5.74, 6) is 0. The van der Waals surface area contributed by atoms with Crippen molar-refractivity contribution in [2.75, 3.05) is 58.6 Å². The van der Waals surface area contributed by atoms with Crippen LogP contribution < -0.4 is 5.73 Å². The smallest absolute Gasteiger partial charge is 0.0317 e. The van der Waals surface area contributed by atoms with Gasteiger partial charge in [-0.2, -0.15) is 0 Å². The van der Waals surface area contributed by atoms with E-state index in [9.17, 15) is 0 Å². The number of nitrogens with two attached hydrogens (primary N) is 1. The first-order chi connectivity index (χ1) is 9.67. The summed E-state index contributed by atoms with van der Waals surface area (Å²) in [5, 5.41) is 0. The predicted octanol–water partition coefficient (Wildman–Crippen LogP) is 1.34. The monoisotopic (exact) mass is 276 g/mol. The van der Waals surface area contributed by atoms with Gasteiger partial charge in [0.2, 0.25) is 0 Å². The van der Waals surface area contributed by atoms with E-state index < -0.39 is 0 Å². The lowest BCUT2D eigenvalue weighted by molar-refractivity contribution is 0.134. The van der Waals surface area contributed by atoms with E-state index in [1.54, 1.807) is 0 Å². The molecule has 1 heterocycles. The SMILES string of the molecule is CCN(CCN1CCN(C)CC1)Cc1cccc(N)c1. The van der Waals surface area contributed by atoms with E-state index in [1.165, 1.54) is 38.3 Å². The molecule has 0 unspecified atom stereocenters. The summed E-state index contributed by atoms with van der Waals surface area (Å²) in [6, 6.07) is 8.23. The molecule has 0 amide bonds. The van der Waals surface area contributed by atoms with Gasteiger partial charge in [0.1, 0.15) is 0 Å². The highest BCUT2D eigenvalue weighted by Gasteiger charge is 2.14. The van der Waals surface area contributed by atoms with E-state index in [0.717, 1.165) is 25.3 Å². The van der Waals surface area contributed by atoms with Crippen molar-refractivity contribution < 1.29 is 0 Å². The van der Waals surface area contributed by atoms with Crippen LogP contribution >= 0.6 is 0 Å². The Labute approximate surface area is 123 Å². The van der Waals surface area contributed by atoms with Crippen LogP contribution in [-0.2, 0) is 6.54 Å². The molecule has 1 aromatic carbocycles. The van der Waals surface area contributed by atoms with Gasteiger partial charge in [0.05, 0.1) is 0 Å². The van der Waals surface area contributed by atoms with Crippen molar-refractivity contribution in [1.29, 1.82) is 0 Å². The predicted molar refractivity (Wildman–Crippen MR) is 85.7 cm³/mol. The standard InChI is InChI=1S/C16H28N4/c1-3-19(14-15-5-4-6-16(17)13-15)11-12-20-9-7-18(2)8-10-20/h4-6,13H,3,7-12,14,17H2,1-2H3. The second kappa shape index (κ2) is 7.62. The number of likely N-dealkylation sites (N-methyl/N-ethyl adjacent to an activating group) is 2. The molecule has 0 saturated carbocycles. The Morgan fingerprint density at radius 2 is 1.95 bits per heavy atom. The van der Waals surface area contributed by atoms with E-state index >= 15 is 0 Å². The van der Waals surface area contributed by atoms with Crippen LogP contribution in [0.1, 0.15) is 12.5 Å². The maximum atomic E-state index is 5.85. The molecule has 1 aromatic rings. The molecular weight excluding hydrogens is 248 g/mol. The van der Waals surface area contributed by atoms with Crippen molar-refractivity contribution in [3.8, 4) is 0 Å². The number of hydrogen-bond donors (Lipinski definition) is 1. The summed E-state index contributed by atoms with van der Waals surface area (Å²) in [6.45, 7) is 11.4. The lowest BCUT2D eigenvalue weighted by Gasteiger charge is -2.33. The van der Waals surface area contributed by atoms with Gasteiger partial charge in [-0.05, 0) is 31.3 Å². The lowest BCUT2D eigenvalue weighted by Crippen LogP contribution is -2.46. The minimum absolute atomic E-state index is 0.859. The van der Waals surface area contributed by atoms with Crippen molar-refractivity contribution in [1.82, 2.24) is 14.7 Å². The van der Waals surface area contributed by atoms with Crippen LogP contribution in [0.5, 0.6) is 0 Å². The van der Waals surface area contributed by atoms with Gasteiger partial charge in [-0.1, -0.05) is 19.1 Å². The fourth-order valence-corrected chi connectivity index (χ4v) is 2.65. The number of hydrogen-bond acceptors (Lipinski definition) is 4. The molecule has 4 nitrogen and oxygen atoms in total. The summed E-state index contributed by atoms with van der Waals surface area (Å²) in [5.41, 5.74) is 8.02. The first-order valence-corrected chi connectivity index (χ1v) is 7.65. The van der Waals surface area contributed by atoms with Gasteiger partial charge in [-0.25, -0.2) is 0 Å². The Balaban J connectivity index is 1.77. The minimum Gasteiger partial charge on any atom is -0.399 e. The molecule has 2 N–H and O–H groups in total. The summed E-state index contributed by atoms with van der Waals surface area (Å²) < 4.78 is 0. The largest absolute Gasteiger partial charge is 0.399 e. The first-order valence-electron chi connectivity index (χ1n) is 7.65. The summed E-state index contributed by atoms with van der Waals surface area (Å²) in [6.07, 6.45) is 0. The van der Waals surface area contributed by atoms with Crippen LogP contribution in [0, 0.1) is 0 Å². The number of nitrogens with zero attached hydrogens (tertiary/aromatic N) is 3. The minimum atomic E-state index is 0.859. The van der Waals surface area contributed by atoms with Crippen LogP contribution in [0.25, 0.3) is 0 Å². The Bertz CT molecular complexity index is 399. The van der Waals surface area contributed by atoms with Gasteiger partial charge in [-0.3, -0.25) is 9.80 Å². The number of nitrogen functional groups attached to an aromatic ring is 1. The van der Waals surface area contributed by atoms with Crippen molar-refractivity contribution >= 4 is 5.69 Å². The van der Waals surface area contributed by atoms with Gasteiger partial charge >= 0.3 is 0 Å². The Kier molecular flexibility index (Phi) is 5.83. The third-order valence-electron chi connectivity index (χ3n) is 4.13. The average molecular weight is 276 g/mol. The van der Waals surface area contributed by atoms with E-state index in [1.807, 2.05) is 12.1 Å². The molecule has 0 radical (unpaired) electrons. The van der Waals surface area contributed by atoms with E-state index in [2.05, 4.69) is 40.8 Å². The zero-order valence-electron chi connectivity index (χ0n) is 12.9. The average Bonchev–Trinajstić information content (AvgIpc) is 2.45. The second-order valence-electron chi connectivity index (χ2n) is 5.76. The highest BCUT2D eigenvalue weighted by Crippen LogP contribution is 2.09. The Morgan fingerprint density at radius 1 is 1.20 bits per heavy atom. The molecule has 4 heteroatoms. The first kappa shape index (κ1) is 15.3. The van der Waals surface area contributed by atoms with Crippen LogP contribution in [0.2, 0.25) is 0 Å². The fourth-order valence-electron chi connectivity index (χ4n) is 2.65. The van der Waals surface area contributed by atoms with Crippen molar-refractivity contribution in [2.45, 2.75) is 13.5 Å². The molecule has 0 bridgehead atoms. The van der Waals surface area contributed by atoms with Gasteiger partial charge in [-0.15, -0.1) is 0 Å². The zero-order chi connectivity index (χ0) is 14.4. The summed E-state index contributed by atoms with van der Waals surface area (Å²) in [4.78, 5) is 7.47. The Hall–Kier alpha value is -1.10. The number of anilines is 1. The fraction of sp³-hybridized carbons (Fsp3) is 0.625. The highest BCUT2D eigenvalue weighted by molar-refractivity contribution is 5.40. The van der Waals surface area contributed by atoms with Crippen molar-refractivity contribution in [2.24, 2.45) is 0 Å². The molecule has 0 atom stereocenters. The summed E-state index contributed by atoms with van der Waals surface area (Å²) in [7, 11) is 2.20. The van der Waals surface area contributed by atoms with Crippen LogP contribution in [0.3, 0.4) is 0 Å². The molecule has 1 aliphatic rings. The highest BCUT2D eigenvalue weighted by atomic mass is 15.3. The topological polar surface area (TPSA) is 35.7 Å².